The summed E-state index contributed by atoms with van der Waals surface area (Å²) in [7, 11) is 1.76. The van der Waals surface area contributed by atoms with E-state index < -0.39 is 5.97 Å². The lowest BCUT2D eigenvalue weighted by molar-refractivity contribution is -0.131. The fourth-order valence-electron chi connectivity index (χ4n) is 1.84. The normalized spacial score (nSPS) is 10.8. The molecule has 0 spiro atoms. The molecule has 1 aromatic carbocycles. The van der Waals surface area contributed by atoms with Gasteiger partial charge in [-0.05, 0) is 30.2 Å². The van der Waals surface area contributed by atoms with Crippen molar-refractivity contribution in [3.63, 3.8) is 0 Å². The molecule has 1 amide bonds. The molecule has 0 bridgehead atoms. The third-order valence-electron chi connectivity index (χ3n) is 2.89. The Labute approximate surface area is 121 Å². The summed E-state index contributed by atoms with van der Waals surface area (Å²) in [6.07, 6.45) is 5.74. The highest BCUT2D eigenvalue weighted by molar-refractivity contribution is 6.05. The van der Waals surface area contributed by atoms with Crippen LogP contribution in [0.25, 0.3) is 6.08 Å². The van der Waals surface area contributed by atoms with E-state index in [0.717, 1.165) is 11.6 Å². The number of benzene rings is 1. The average molecular weight is 285 g/mol. The third kappa shape index (κ3) is 3.79. The summed E-state index contributed by atoms with van der Waals surface area (Å²) in [4.78, 5) is 22.8. The molecule has 0 aliphatic rings. The van der Waals surface area contributed by atoms with Gasteiger partial charge in [0.15, 0.2) is 0 Å². The van der Waals surface area contributed by atoms with Crippen LogP contribution in [-0.4, -0.2) is 26.8 Å². The molecule has 0 unspecified atom stereocenters. The number of aromatic nitrogens is 2. The lowest BCUT2D eigenvalue weighted by atomic mass is 10.0. The first-order valence-electron chi connectivity index (χ1n) is 6.27. The van der Waals surface area contributed by atoms with E-state index in [2.05, 4.69) is 10.4 Å². The van der Waals surface area contributed by atoms with Crippen molar-refractivity contribution in [2.45, 2.75) is 6.92 Å². The van der Waals surface area contributed by atoms with Gasteiger partial charge in [0.1, 0.15) is 0 Å². The molecule has 0 saturated heterocycles. The molecule has 1 aromatic heterocycles. The van der Waals surface area contributed by atoms with E-state index in [1.807, 2.05) is 6.92 Å². The number of carbonyl (C=O) groups is 2. The van der Waals surface area contributed by atoms with Crippen molar-refractivity contribution in [1.82, 2.24) is 9.78 Å². The zero-order valence-corrected chi connectivity index (χ0v) is 11.7. The predicted octanol–water partition coefficient (Wildman–Crippen LogP) is 2.08. The number of aryl methyl sites for hydroxylation is 2. The van der Waals surface area contributed by atoms with Gasteiger partial charge in [-0.25, -0.2) is 4.79 Å². The van der Waals surface area contributed by atoms with Crippen molar-refractivity contribution < 1.29 is 14.7 Å². The van der Waals surface area contributed by atoms with Crippen LogP contribution in [0.5, 0.6) is 0 Å². The number of carboxylic acid groups (broad SMARTS) is 1. The zero-order valence-electron chi connectivity index (χ0n) is 11.7. The van der Waals surface area contributed by atoms with Gasteiger partial charge in [0, 0.05) is 24.9 Å². The minimum Gasteiger partial charge on any atom is -0.478 e. The van der Waals surface area contributed by atoms with Gasteiger partial charge in [-0.2, -0.15) is 5.10 Å². The maximum absolute atomic E-state index is 12.2. The van der Waals surface area contributed by atoms with Gasteiger partial charge in [0.25, 0.3) is 5.91 Å². The Hall–Kier alpha value is -2.89. The second kappa shape index (κ2) is 6.04. The van der Waals surface area contributed by atoms with Crippen LogP contribution in [0.3, 0.4) is 0 Å². The van der Waals surface area contributed by atoms with Gasteiger partial charge >= 0.3 is 5.97 Å². The number of amides is 1. The van der Waals surface area contributed by atoms with Gasteiger partial charge in [-0.3, -0.25) is 9.48 Å². The van der Waals surface area contributed by atoms with Crippen molar-refractivity contribution in [2.75, 3.05) is 5.32 Å². The molecule has 2 rings (SSSR count). The van der Waals surface area contributed by atoms with Crippen LogP contribution in [-0.2, 0) is 11.8 Å². The van der Waals surface area contributed by atoms with Crippen molar-refractivity contribution >= 4 is 23.6 Å². The van der Waals surface area contributed by atoms with E-state index in [-0.39, 0.29) is 5.91 Å². The first kappa shape index (κ1) is 14.5. The summed E-state index contributed by atoms with van der Waals surface area (Å²) in [6, 6.07) is 5.19. The quantitative estimate of drug-likeness (QED) is 0.842. The maximum Gasteiger partial charge on any atom is 0.328 e. The highest BCUT2D eigenvalue weighted by Crippen LogP contribution is 2.15. The van der Waals surface area contributed by atoms with Crippen LogP contribution in [0, 0.1) is 6.92 Å². The van der Waals surface area contributed by atoms with Crippen LogP contribution < -0.4 is 5.32 Å². The van der Waals surface area contributed by atoms with Crippen LogP contribution in [0.4, 0.5) is 5.69 Å². The fraction of sp³-hybridized carbons (Fsp3) is 0.133. The van der Waals surface area contributed by atoms with Crippen LogP contribution >= 0.6 is 0 Å². The molecule has 2 N–H and O–H groups in total. The molecule has 0 aliphatic carbocycles. The first-order valence-corrected chi connectivity index (χ1v) is 6.27. The number of nitrogens with one attached hydrogen (secondary N) is 1. The van der Waals surface area contributed by atoms with Crippen molar-refractivity contribution in [1.29, 1.82) is 0 Å². The van der Waals surface area contributed by atoms with Crippen LogP contribution in [0.1, 0.15) is 21.5 Å². The molecule has 2 aromatic rings. The van der Waals surface area contributed by atoms with E-state index in [9.17, 15) is 9.59 Å². The number of hydrogen-bond donors (Lipinski definition) is 2. The summed E-state index contributed by atoms with van der Waals surface area (Å²) in [5.74, 6) is -1.29. The van der Waals surface area contributed by atoms with Gasteiger partial charge < -0.3 is 10.4 Å². The van der Waals surface area contributed by atoms with Gasteiger partial charge in [0.2, 0.25) is 0 Å². The molecule has 0 fully saturated rings. The van der Waals surface area contributed by atoms with E-state index in [4.69, 9.17) is 5.11 Å². The van der Waals surface area contributed by atoms with E-state index in [1.54, 1.807) is 42.3 Å². The van der Waals surface area contributed by atoms with Crippen LogP contribution in [0.2, 0.25) is 0 Å². The Kier molecular flexibility index (Phi) is 4.18. The second-order valence-corrected chi connectivity index (χ2v) is 4.60. The number of nitrogens with zero attached hydrogens (tertiary/aromatic N) is 2. The minimum atomic E-state index is -1.03. The molecular formula is C15H15N3O3. The molecule has 6 nitrogen and oxygen atoms in total. The maximum atomic E-state index is 12.2. The van der Waals surface area contributed by atoms with E-state index in [1.165, 1.54) is 6.08 Å². The number of aliphatic carboxylic acids is 1. The molecule has 6 heteroatoms. The summed E-state index contributed by atoms with van der Waals surface area (Å²) in [6.45, 7) is 1.82. The number of anilines is 1. The zero-order chi connectivity index (χ0) is 15.4. The molecule has 108 valence electrons. The molecule has 0 atom stereocenters. The number of carboxylic acids is 1. The van der Waals surface area contributed by atoms with Crippen LogP contribution in [0.15, 0.2) is 36.7 Å². The highest BCUT2D eigenvalue weighted by atomic mass is 16.4. The van der Waals surface area contributed by atoms with Gasteiger partial charge in [0.05, 0.1) is 11.9 Å². The SMILES string of the molecule is Cc1ccc(C=CC(=O)O)cc1C(=O)Nc1cnn(C)c1. The van der Waals surface area contributed by atoms with E-state index in [0.29, 0.717) is 16.8 Å². The van der Waals surface area contributed by atoms with Gasteiger partial charge in [-0.15, -0.1) is 0 Å². The van der Waals surface area contributed by atoms with E-state index >= 15 is 0 Å². The smallest absolute Gasteiger partial charge is 0.328 e. The summed E-state index contributed by atoms with van der Waals surface area (Å²) in [5.41, 5.74) is 2.56. The lowest BCUT2D eigenvalue weighted by Crippen LogP contribution is -2.13. The molecule has 0 saturated carbocycles. The molecule has 1 heterocycles. The molecule has 21 heavy (non-hydrogen) atoms. The first-order chi connectivity index (χ1) is 9.95. The topological polar surface area (TPSA) is 84.2 Å². The molecular weight excluding hydrogens is 270 g/mol. The van der Waals surface area contributed by atoms with Crippen molar-refractivity contribution in [2.24, 2.45) is 7.05 Å². The Balaban J connectivity index is 2.23. The fourth-order valence-corrected chi connectivity index (χ4v) is 1.84. The summed E-state index contributed by atoms with van der Waals surface area (Å²) < 4.78 is 1.59. The Morgan fingerprint density at radius 2 is 2.14 bits per heavy atom. The van der Waals surface area contributed by atoms with Gasteiger partial charge in [-0.1, -0.05) is 12.1 Å². The third-order valence-corrected chi connectivity index (χ3v) is 2.89. The highest BCUT2D eigenvalue weighted by Gasteiger charge is 2.10. The lowest BCUT2D eigenvalue weighted by Gasteiger charge is -2.07. The van der Waals surface area contributed by atoms with Crippen molar-refractivity contribution in [3.05, 3.63) is 53.4 Å². The summed E-state index contributed by atoms with van der Waals surface area (Å²) in [5, 5.41) is 15.4. The minimum absolute atomic E-state index is 0.258. The second-order valence-electron chi connectivity index (χ2n) is 4.60. The predicted molar refractivity (Wildman–Crippen MR) is 79.0 cm³/mol. The van der Waals surface area contributed by atoms with Crippen molar-refractivity contribution in [3.8, 4) is 0 Å². The average Bonchev–Trinajstić information content (AvgIpc) is 2.83. The Bertz CT molecular complexity index is 717. The molecule has 0 radical (unpaired) electrons. The standard InChI is InChI=1S/C15H15N3O3/c1-10-3-4-11(5-6-14(19)20)7-13(10)15(21)17-12-8-16-18(2)9-12/h3-9H,1-2H3,(H,17,21)(H,19,20). The summed E-state index contributed by atoms with van der Waals surface area (Å²) >= 11 is 0. The Morgan fingerprint density at radius 1 is 1.38 bits per heavy atom. The Morgan fingerprint density at radius 3 is 2.76 bits per heavy atom. The number of rotatable bonds is 4. The number of carbonyl (C=O) groups excluding carboxylic acids is 1. The number of hydrogen-bond acceptors (Lipinski definition) is 3. The monoisotopic (exact) mass is 285 g/mol. The largest absolute Gasteiger partial charge is 0.478 e. The molecule has 0 aliphatic heterocycles.